The Bertz CT molecular complexity index is 1220. The molecule has 8 heteroatoms. The Hall–Kier alpha value is -3.26. The quantitative estimate of drug-likeness (QED) is 0.452. The standard InChI is InChI=1S/C27H32N4O3S/c1-2-3-6-22-9-11-23(12-10-22)13-20-35(33,34)25-8-4-7-24(21-25)26(32)30-16-18-31(19-17-30)27-28-14-5-15-29-27/h4-5,7-12,14-15,21H,2-3,6,13,16-20H2,1H3. The zero-order chi connectivity index (χ0) is 24.7. The summed E-state index contributed by atoms with van der Waals surface area (Å²) in [4.78, 5) is 25.6. The Balaban J connectivity index is 1.36. The lowest BCUT2D eigenvalue weighted by atomic mass is 10.1. The first-order valence-corrected chi connectivity index (χ1v) is 13.8. The number of sulfone groups is 1. The summed E-state index contributed by atoms with van der Waals surface area (Å²) in [5.74, 6) is 0.510. The average Bonchev–Trinajstić information content (AvgIpc) is 2.91. The predicted molar refractivity (Wildman–Crippen MR) is 137 cm³/mol. The van der Waals surface area contributed by atoms with Crippen molar-refractivity contribution < 1.29 is 13.2 Å². The molecule has 0 radical (unpaired) electrons. The Kier molecular flexibility index (Phi) is 8.13. The van der Waals surface area contributed by atoms with Gasteiger partial charge in [0.2, 0.25) is 5.95 Å². The van der Waals surface area contributed by atoms with Gasteiger partial charge in [0, 0.05) is 44.1 Å². The molecule has 1 fully saturated rings. The number of aryl methyl sites for hydroxylation is 2. The second-order valence-electron chi connectivity index (χ2n) is 8.84. The van der Waals surface area contributed by atoms with Gasteiger partial charge in [-0.2, -0.15) is 0 Å². The van der Waals surface area contributed by atoms with E-state index in [1.807, 2.05) is 17.0 Å². The molecule has 1 aliphatic heterocycles. The minimum Gasteiger partial charge on any atom is -0.337 e. The van der Waals surface area contributed by atoms with E-state index in [0.717, 1.165) is 24.8 Å². The molecule has 0 spiro atoms. The van der Waals surface area contributed by atoms with Crippen molar-refractivity contribution in [3.8, 4) is 0 Å². The van der Waals surface area contributed by atoms with Gasteiger partial charge in [-0.25, -0.2) is 18.4 Å². The molecule has 0 bridgehead atoms. The number of aromatic nitrogens is 2. The summed E-state index contributed by atoms with van der Waals surface area (Å²) in [6, 6.07) is 16.4. The summed E-state index contributed by atoms with van der Waals surface area (Å²) in [6.07, 6.45) is 7.20. The summed E-state index contributed by atoms with van der Waals surface area (Å²) in [6.45, 7) is 4.49. The molecule has 0 N–H and O–H groups in total. The Morgan fingerprint density at radius 2 is 1.54 bits per heavy atom. The van der Waals surface area contributed by atoms with Crippen LogP contribution in [0, 0.1) is 0 Å². The molecule has 184 valence electrons. The van der Waals surface area contributed by atoms with Crippen LogP contribution < -0.4 is 4.90 Å². The van der Waals surface area contributed by atoms with Gasteiger partial charge >= 0.3 is 0 Å². The van der Waals surface area contributed by atoms with Gasteiger partial charge in [0.05, 0.1) is 10.6 Å². The Labute approximate surface area is 207 Å². The third-order valence-electron chi connectivity index (χ3n) is 6.34. The highest BCUT2D eigenvalue weighted by atomic mass is 32.2. The van der Waals surface area contributed by atoms with Gasteiger partial charge in [0.1, 0.15) is 0 Å². The SMILES string of the molecule is CCCCc1ccc(CCS(=O)(=O)c2cccc(C(=O)N3CCN(c4ncccn4)CC3)c2)cc1. The first-order chi connectivity index (χ1) is 17.0. The summed E-state index contributed by atoms with van der Waals surface area (Å²) >= 11 is 0. The largest absolute Gasteiger partial charge is 0.337 e. The van der Waals surface area contributed by atoms with Crippen LogP contribution in [0.2, 0.25) is 0 Å². The fraction of sp³-hybridized carbons (Fsp3) is 0.370. The molecule has 1 saturated heterocycles. The van der Waals surface area contributed by atoms with Crippen molar-refractivity contribution >= 4 is 21.7 Å². The lowest BCUT2D eigenvalue weighted by molar-refractivity contribution is 0.0746. The van der Waals surface area contributed by atoms with Crippen LogP contribution in [0.25, 0.3) is 0 Å². The predicted octanol–water partition coefficient (Wildman–Crippen LogP) is 3.80. The second-order valence-corrected chi connectivity index (χ2v) is 11.0. The maximum absolute atomic E-state index is 13.1. The monoisotopic (exact) mass is 492 g/mol. The van der Waals surface area contributed by atoms with Crippen molar-refractivity contribution in [3.05, 3.63) is 83.7 Å². The van der Waals surface area contributed by atoms with Crippen molar-refractivity contribution in [3.63, 3.8) is 0 Å². The minimum absolute atomic E-state index is 0.00863. The smallest absolute Gasteiger partial charge is 0.254 e. The lowest BCUT2D eigenvalue weighted by Crippen LogP contribution is -2.49. The molecule has 1 aromatic heterocycles. The number of nitrogens with zero attached hydrogens (tertiary/aromatic N) is 4. The molecule has 3 aromatic rings. The van der Waals surface area contributed by atoms with Gasteiger partial charge in [-0.05, 0) is 54.7 Å². The molecule has 4 rings (SSSR count). The van der Waals surface area contributed by atoms with Gasteiger partial charge in [0.15, 0.2) is 9.84 Å². The first kappa shape index (κ1) is 24.9. The molecule has 0 atom stereocenters. The number of hydrogen-bond acceptors (Lipinski definition) is 6. The minimum atomic E-state index is -3.51. The summed E-state index contributed by atoms with van der Waals surface area (Å²) in [5, 5.41) is 0. The van der Waals surface area contributed by atoms with Crippen molar-refractivity contribution in [2.24, 2.45) is 0 Å². The number of rotatable bonds is 9. The summed E-state index contributed by atoms with van der Waals surface area (Å²) < 4.78 is 26.0. The average molecular weight is 493 g/mol. The summed E-state index contributed by atoms with van der Waals surface area (Å²) in [7, 11) is -3.51. The van der Waals surface area contributed by atoms with E-state index < -0.39 is 9.84 Å². The zero-order valence-corrected chi connectivity index (χ0v) is 21.0. The van der Waals surface area contributed by atoms with E-state index in [1.165, 1.54) is 11.6 Å². The number of piperazine rings is 1. The topological polar surface area (TPSA) is 83.5 Å². The maximum atomic E-state index is 13.1. The Morgan fingerprint density at radius 3 is 2.20 bits per heavy atom. The van der Waals surface area contributed by atoms with E-state index in [1.54, 1.807) is 41.6 Å². The number of hydrogen-bond donors (Lipinski definition) is 0. The van der Waals surface area contributed by atoms with E-state index in [-0.39, 0.29) is 16.6 Å². The van der Waals surface area contributed by atoms with E-state index in [4.69, 9.17) is 0 Å². The molecule has 7 nitrogen and oxygen atoms in total. The third kappa shape index (κ3) is 6.45. The molecule has 2 heterocycles. The number of carbonyl (C=O) groups excluding carboxylic acids is 1. The highest BCUT2D eigenvalue weighted by Crippen LogP contribution is 2.18. The van der Waals surface area contributed by atoms with Crippen LogP contribution >= 0.6 is 0 Å². The van der Waals surface area contributed by atoms with Gasteiger partial charge in [-0.1, -0.05) is 43.7 Å². The van der Waals surface area contributed by atoms with Crippen LogP contribution in [0.4, 0.5) is 5.95 Å². The van der Waals surface area contributed by atoms with Crippen molar-refractivity contribution in [2.75, 3.05) is 36.8 Å². The molecule has 0 saturated carbocycles. The number of anilines is 1. The van der Waals surface area contributed by atoms with Crippen molar-refractivity contribution in [1.82, 2.24) is 14.9 Å². The summed E-state index contributed by atoms with van der Waals surface area (Å²) in [5.41, 5.74) is 2.68. The van der Waals surface area contributed by atoms with Crippen molar-refractivity contribution in [2.45, 2.75) is 37.5 Å². The molecule has 0 aliphatic carbocycles. The van der Waals surface area contributed by atoms with Gasteiger partial charge < -0.3 is 9.80 Å². The van der Waals surface area contributed by atoms with Gasteiger partial charge in [-0.15, -0.1) is 0 Å². The molecular weight excluding hydrogens is 460 g/mol. The van der Waals surface area contributed by atoms with Crippen LogP contribution in [-0.2, 0) is 22.7 Å². The zero-order valence-electron chi connectivity index (χ0n) is 20.1. The number of amides is 1. The fourth-order valence-electron chi connectivity index (χ4n) is 4.19. The van der Waals surface area contributed by atoms with Crippen LogP contribution in [0.15, 0.2) is 71.9 Å². The first-order valence-electron chi connectivity index (χ1n) is 12.2. The van der Waals surface area contributed by atoms with Crippen LogP contribution in [0.1, 0.15) is 41.3 Å². The fourth-order valence-corrected chi connectivity index (χ4v) is 5.53. The van der Waals surface area contributed by atoms with E-state index in [9.17, 15) is 13.2 Å². The molecule has 2 aromatic carbocycles. The molecule has 1 amide bonds. The highest BCUT2D eigenvalue weighted by Gasteiger charge is 2.24. The van der Waals surface area contributed by atoms with E-state index in [0.29, 0.717) is 44.1 Å². The van der Waals surface area contributed by atoms with Crippen LogP contribution in [-0.4, -0.2) is 61.1 Å². The van der Waals surface area contributed by atoms with E-state index >= 15 is 0 Å². The Morgan fingerprint density at radius 1 is 0.886 bits per heavy atom. The highest BCUT2D eigenvalue weighted by molar-refractivity contribution is 7.91. The molecular formula is C27H32N4O3S. The number of benzene rings is 2. The van der Waals surface area contributed by atoms with E-state index in [2.05, 4.69) is 29.0 Å². The lowest BCUT2D eigenvalue weighted by Gasteiger charge is -2.34. The molecule has 0 unspecified atom stereocenters. The van der Waals surface area contributed by atoms with Crippen LogP contribution in [0.3, 0.4) is 0 Å². The molecule has 1 aliphatic rings. The van der Waals surface area contributed by atoms with Gasteiger partial charge in [0.25, 0.3) is 5.91 Å². The third-order valence-corrected chi connectivity index (χ3v) is 8.06. The maximum Gasteiger partial charge on any atom is 0.254 e. The van der Waals surface area contributed by atoms with Crippen LogP contribution in [0.5, 0.6) is 0 Å². The molecule has 35 heavy (non-hydrogen) atoms. The second kappa shape index (κ2) is 11.4. The number of unbranched alkanes of at least 4 members (excludes halogenated alkanes) is 1. The van der Waals surface area contributed by atoms with Crippen molar-refractivity contribution in [1.29, 1.82) is 0 Å². The van der Waals surface area contributed by atoms with Gasteiger partial charge in [-0.3, -0.25) is 4.79 Å². The number of carbonyl (C=O) groups is 1. The normalized spacial score (nSPS) is 14.2.